The molecule has 0 radical (unpaired) electrons. The van der Waals surface area contributed by atoms with E-state index in [0.29, 0.717) is 6.42 Å². The van der Waals surface area contributed by atoms with E-state index in [0.717, 1.165) is 16.8 Å². The maximum absolute atomic E-state index is 9.61. The molecule has 1 aromatic carbocycles. The van der Waals surface area contributed by atoms with Crippen molar-refractivity contribution in [1.82, 2.24) is 0 Å². The number of aliphatic hydroxyl groups is 1. The average molecular weight is 205 g/mol. The van der Waals surface area contributed by atoms with Crippen molar-refractivity contribution in [2.45, 2.75) is 32.8 Å². The SMILES string of the molecule is C/C(=C\CC(C)(C)O)c1ccccc1N. The summed E-state index contributed by atoms with van der Waals surface area (Å²) < 4.78 is 0. The standard InChI is InChI=1S/C13H19NO/c1-10(8-9-13(2,3)15)11-6-4-5-7-12(11)14/h4-8,15H,9,14H2,1-3H3/b10-8+. The Morgan fingerprint density at radius 1 is 1.40 bits per heavy atom. The molecule has 0 spiro atoms. The summed E-state index contributed by atoms with van der Waals surface area (Å²) >= 11 is 0. The van der Waals surface area contributed by atoms with Gasteiger partial charge < -0.3 is 10.8 Å². The number of rotatable bonds is 3. The first kappa shape index (κ1) is 11.8. The second-order valence-corrected chi connectivity index (χ2v) is 4.49. The zero-order chi connectivity index (χ0) is 11.5. The van der Waals surface area contributed by atoms with E-state index in [-0.39, 0.29) is 0 Å². The zero-order valence-electron chi connectivity index (χ0n) is 9.62. The van der Waals surface area contributed by atoms with Crippen molar-refractivity contribution in [2.75, 3.05) is 5.73 Å². The average Bonchev–Trinajstić information content (AvgIpc) is 2.14. The van der Waals surface area contributed by atoms with Gasteiger partial charge in [-0.15, -0.1) is 0 Å². The van der Waals surface area contributed by atoms with Crippen LogP contribution in [0.5, 0.6) is 0 Å². The quantitative estimate of drug-likeness (QED) is 0.745. The molecule has 82 valence electrons. The smallest absolute Gasteiger partial charge is 0.0626 e. The van der Waals surface area contributed by atoms with Crippen LogP contribution in [0.4, 0.5) is 5.69 Å². The van der Waals surface area contributed by atoms with Gasteiger partial charge in [-0.1, -0.05) is 24.3 Å². The van der Waals surface area contributed by atoms with Gasteiger partial charge in [-0.2, -0.15) is 0 Å². The van der Waals surface area contributed by atoms with Crippen molar-refractivity contribution in [1.29, 1.82) is 0 Å². The lowest BCUT2D eigenvalue weighted by Crippen LogP contribution is -2.16. The molecule has 15 heavy (non-hydrogen) atoms. The minimum atomic E-state index is -0.662. The van der Waals surface area contributed by atoms with E-state index in [9.17, 15) is 5.11 Å². The summed E-state index contributed by atoms with van der Waals surface area (Å²) in [6.07, 6.45) is 2.65. The minimum Gasteiger partial charge on any atom is -0.398 e. The van der Waals surface area contributed by atoms with Crippen molar-refractivity contribution in [3.63, 3.8) is 0 Å². The number of hydrogen-bond acceptors (Lipinski definition) is 2. The van der Waals surface area contributed by atoms with E-state index in [1.54, 1.807) is 13.8 Å². The Labute approximate surface area is 91.4 Å². The summed E-state index contributed by atoms with van der Waals surface area (Å²) in [5, 5.41) is 9.61. The van der Waals surface area contributed by atoms with Gasteiger partial charge in [0, 0.05) is 5.69 Å². The van der Waals surface area contributed by atoms with E-state index in [4.69, 9.17) is 5.73 Å². The van der Waals surface area contributed by atoms with Gasteiger partial charge >= 0.3 is 0 Å². The highest BCUT2D eigenvalue weighted by atomic mass is 16.3. The number of benzene rings is 1. The molecule has 0 amide bonds. The third-order valence-corrected chi connectivity index (χ3v) is 2.29. The first-order valence-electron chi connectivity index (χ1n) is 5.14. The fraction of sp³-hybridized carbons (Fsp3) is 0.385. The van der Waals surface area contributed by atoms with Gasteiger partial charge in [0.25, 0.3) is 0 Å². The molecule has 0 saturated heterocycles. The van der Waals surface area contributed by atoms with Crippen LogP contribution in [0.25, 0.3) is 5.57 Å². The number of hydrogen-bond donors (Lipinski definition) is 2. The molecule has 0 heterocycles. The van der Waals surface area contributed by atoms with E-state index < -0.39 is 5.60 Å². The third-order valence-electron chi connectivity index (χ3n) is 2.29. The molecule has 0 aromatic heterocycles. The van der Waals surface area contributed by atoms with Crippen LogP contribution in [0, 0.1) is 0 Å². The fourth-order valence-corrected chi connectivity index (χ4v) is 1.37. The van der Waals surface area contributed by atoms with Crippen LogP contribution in [0.1, 0.15) is 32.8 Å². The van der Waals surface area contributed by atoms with Crippen molar-refractivity contribution in [3.8, 4) is 0 Å². The van der Waals surface area contributed by atoms with Crippen LogP contribution in [0.2, 0.25) is 0 Å². The highest BCUT2D eigenvalue weighted by Crippen LogP contribution is 2.22. The molecule has 0 unspecified atom stereocenters. The lowest BCUT2D eigenvalue weighted by Gasteiger charge is -2.15. The Balaban J connectivity index is 2.85. The molecule has 0 atom stereocenters. The molecule has 1 rings (SSSR count). The van der Waals surface area contributed by atoms with Crippen LogP contribution in [0.3, 0.4) is 0 Å². The first-order chi connectivity index (χ1) is 6.90. The Morgan fingerprint density at radius 2 is 2.00 bits per heavy atom. The van der Waals surface area contributed by atoms with Crippen molar-refractivity contribution >= 4 is 11.3 Å². The summed E-state index contributed by atoms with van der Waals surface area (Å²) in [5.74, 6) is 0. The topological polar surface area (TPSA) is 46.2 Å². The lowest BCUT2D eigenvalue weighted by atomic mass is 9.99. The van der Waals surface area contributed by atoms with Crippen LogP contribution in [-0.2, 0) is 0 Å². The number of para-hydroxylation sites is 1. The number of nitrogens with two attached hydrogens (primary N) is 1. The van der Waals surface area contributed by atoms with Gasteiger partial charge in [0.05, 0.1) is 5.60 Å². The highest BCUT2D eigenvalue weighted by molar-refractivity contribution is 5.73. The van der Waals surface area contributed by atoms with Crippen LogP contribution in [-0.4, -0.2) is 10.7 Å². The van der Waals surface area contributed by atoms with Gasteiger partial charge in [0.15, 0.2) is 0 Å². The van der Waals surface area contributed by atoms with Gasteiger partial charge in [-0.3, -0.25) is 0 Å². The summed E-state index contributed by atoms with van der Waals surface area (Å²) in [6.45, 7) is 5.60. The predicted molar refractivity (Wildman–Crippen MR) is 65.4 cm³/mol. The molecule has 3 N–H and O–H groups in total. The summed E-state index contributed by atoms with van der Waals surface area (Å²) in [6, 6.07) is 7.76. The van der Waals surface area contributed by atoms with Crippen molar-refractivity contribution in [2.24, 2.45) is 0 Å². The molecule has 1 aromatic rings. The molecule has 2 nitrogen and oxygen atoms in total. The second-order valence-electron chi connectivity index (χ2n) is 4.49. The first-order valence-corrected chi connectivity index (χ1v) is 5.14. The summed E-state index contributed by atoms with van der Waals surface area (Å²) in [7, 11) is 0. The molecule has 2 heteroatoms. The van der Waals surface area contributed by atoms with E-state index in [1.807, 2.05) is 37.3 Å². The molecule has 0 aliphatic rings. The van der Waals surface area contributed by atoms with Crippen LogP contribution < -0.4 is 5.73 Å². The number of anilines is 1. The van der Waals surface area contributed by atoms with E-state index >= 15 is 0 Å². The second kappa shape index (κ2) is 4.49. The maximum atomic E-state index is 9.61. The van der Waals surface area contributed by atoms with E-state index in [2.05, 4.69) is 0 Å². The normalized spacial score (nSPS) is 12.9. The third kappa shape index (κ3) is 3.76. The maximum Gasteiger partial charge on any atom is 0.0626 e. The fourth-order valence-electron chi connectivity index (χ4n) is 1.37. The molecule has 0 fully saturated rings. The van der Waals surface area contributed by atoms with Gasteiger partial charge in [0.1, 0.15) is 0 Å². The van der Waals surface area contributed by atoms with E-state index in [1.165, 1.54) is 0 Å². The summed E-state index contributed by atoms with van der Waals surface area (Å²) in [4.78, 5) is 0. The molecule has 0 saturated carbocycles. The predicted octanol–water partition coefficient (Wildman–Crippen LogP) is 2.83. The lowest BCUT2D eigenvalue weighted by molar-refractivity contribution is 0.0840. The number of nitrogen functional groups attached to an aromatic ring is 1. The summed E-state index contributed by atoms with van der Waals surface area (Å²) in [5.41, 5.74) is 8.13. The minimum absolute atomic E-state index is 0.632. The van der Waals surface area contributed by atoms with Crippen molar-refractivity contribution in [3.05, 3.63) is 35.9 Å². The van der Waals surface area contributed by atoms with Gasteiger partial charge in [0.2, 0.25) is 0 Å². The van der Waals surface area contributed by atoms with Crippen molar-refractivity contribution < 1.29 is 5.11 Å². The Bertz CT molecular complexity index is 361. The number of allylic oxidation sites excluding steroid dienone is 1. The zero-order valence-corrected chi connectivity index (χ0v) is 9.62. The Hall–Kier alpha value is -1.28. The molecular formula is C13H19NO. The monoisotopic (exact) mass is 205 g/mol. The highest BCUT2D eigenvalue weighted by Gasteiger charge is 2.10. The van der Waals surface area contributed by atoms with Gasteiger partial charge in [-0.25, -0.2) is 0 Å². The molecule has 0 aliphatic heterocycles. The molecule has 0 bridgehead atoms. The van der Waals surface area contributed by atoms with Crippen LogP contribution in [0.15, 0.2) is 30.3 Å². The Morgan fingerprint density at radius 3 is 2.53 bits per heavy atom. The van der Waals surface area contributed by atoms with Gasteiger partial charge in [-0.05, 0) is 44.4 Å². The molecular weight excluding hydrogens is 186 g/mol. The molecule has 0 aliphatic carbocycles. The van der Waals surface area contributed by atoms with Crippen LogP contribution >= 0.6 is 0 Å². The largest absolute Gasteiger partial charge is 0.398 e. The Kier molecular flexibility index (Phi) is 3.53.